The molecule has 2 atom stereocenters. The molecule has 1 heterocycles. The Morgan fingerprint density at radius 3 is 2.80 bits per heavy atom. The fourth-order valence-electron chi connectivity index (χ4n) is 1.27. The summed E-state index contributed by atoms with van der Waals surface area (Å²) in [5.74, 6) is 0. The summed E-state index contributed by atoms with van der Waals surface area (Å²) in [5.41, 5.74) is 0. The third kappa shape index (κ3) is 1.07. The van der Waals surface area contributed by atoms with Crippen LogP contribution in [0.1, 0.15) is 0 Å². The van der Waals surface area contributed by atoms with E-state index in [2.05, 4.69) is 36.1 Å². The quantitative estimate of drug-likeness (QED) is 0.562. The molecule has 0 aromatic heterocycles. The first-order valence-corrected chi connectivity index (χ1v) is 3.49. The van der Waals surface area contributed by atoms with E-state index in [-0.39, 0.29) is 0 Å². The number of nitrogens with one attached hydrogen (secondary N) is 1. The monoisotopic (exact) mass is 138 g/mol. The smallest absolute Gasteiger partial charge is 0.0651 e. The topological polar surface area (TPSA) is 15.3 Å². The van der Waals surface area contributed by atoms with Gasteiger partial charge in [-0.1, -0.05) is 6.08 Å². The lowest BCUT2D eigenvalue weighted by atomic mass is 10.1. The predicted molar refractivity (Wildman–Crippen MR) is 43.7 cm³/mol. The molecule has 0 aromatic carbocycles. The fourth-order valence-corrected chi connectivity index (χ4v) is 1.27. The van der Waals surface area contributed by atoms with Gasteiger partial charge in [-0.2, -0.15) is 0 Å². The first-order valence-electron chi connectivity index (χ1n) is 3.49. The molecule has 0 amide bonds. The molecule has 1 rings (SSSR count). The molecule has 10 heavy (non-hydrogen) atoms. The van der Waals surface area contributed by atoms with E-state index in [1.54, 1.807) is 0 Å². The largest absolute Gasteiger partial charge is 0.372 e. The van der Waals surface area contributed by atoms with Gasteiger partial charge in [-0.3, -0.25) is 0 Å². The van der Waals surface area contributed by atoms with Crippen molar-refractivity contribution in [3.8, 4) is 0 Å². The van der Waals surface area contributed by atoms with Crippen molar-refractivity contribution >= 4 is 0 Å². The van der Waals surface area contributed by atoms with Gasteiger partial charge >= 0.3 is 0 Å². The highest BCUT2D eigenvalue weighted by Gasteiger charge is 2.21. The standard InChI is InChI=1S/C8H14N2/c1-4-8-7(9-2)5-6-10(8)3/h4-9H,1H2,2-3H3. The summed E-state index contributed by atoms with van der Waals surface area (Å²) in [6.07, 6.45) is 6.18. The van der Waals surface area contributed by atoms with Crippen LogP contribution >= 0.6 is 0 Å². The third-order valence-corrected chi connectivity index (χ3v) is 1.94. The summed E-state index contributed by atoms with van der Waals surface area (Å²) < 4.78 is 0. The average Bonchev–Trinajstić information content (AvgIpc) is 2.30. The van der Waals surface area contributed by atoms with Crippen LogP contribution in [0.2, 0.25) is 0 Å². The summed E-state index contributed by atoms with van der Waals surface area (Å²) in [4.78, 5) is 2.15. The molecule has 0 radical (unpaired) electrons. The lowest BCUT2D eigenvalue weighted by molar-refractivity contribution is 0.373. The van der Waals surface area contributed by atoms with Crippen molar-refractivity contribution in [1.29, 1.82) is 0 Å². The molecule has 0 spiro atoms. The Morgan fingerprint density at radius 1 is 1.70 bits per heavy atom. The highest BCUT2D eigenvalue weighted by atomic mass is 15.2. The predicted octanol–water partition coefficient (Wildman–Crippen LogP) is 0.588. The first kappa shape index (κ1) is 7.35. The second kappa shape index (κ2) is 2.88. The van der Waals surface area contributed by atoms with Crippen molar-refractivity contribution < 1.29 is 0 Å². The van der Waals surface area contributed by atoms with Gasteiger partial charge in [0, 0.05) is 7.05 Å². The average molecular weight is 138 g/mol. The highest BCUT2D eigenvalue weighted by molar-refractivity contribution is 5.13. The van der Waals surface area contributed by atoms with E-state index < -0.39 is 0 Å². The van der Waals surface area contributed by atoms with E-state index >= 15 is 0 Å². The van der Waals surface area contributed by atoms with E-state index in [1.165, 1.54) is 0 Å². The molecular weight excluding hydrogens is 124 g/mol. The lowest BCUT2D eigenvalue weighted by Crippen LogP contribution is -2.38. The molecule has 56 valence electrons. The molecule has 2 heteroatoms. The van der Waals surface area contributed by atoms with Crippen LogP contribution in [-0.4, -0.2) is 31.1 Å². The molecule has 1 aliphatic heterocycles. The maximum atomic E-state index is 3.77. The van der Waals surface area contributed by atoms with E-state index in [9.17, 15) is 0 Å². The van der Waals surface area contributed by atoms with Crippen LogP contribution in [-0.2, 0) is 0 Å². The van der Waals surface area contributed by atoms with Gasteiger partial charge in [0.05, 0.1) is 12.1 Å². The summed E-state index contributed by atoms with van der Waals surface area (Å²) in [6.45, 7) is 3.77. The third-order valence-electron chi connectivity index (χ3n) is 1.94. The Morgan fingerprint density at radius 2 is 2.40 bits per heavy atom. The molecule has 0 bridgehead atoms. The van der Waals surface area contributed by atoms with Crippen molar-refractivity contribution in [2.45, 2.75) is 12.1 Å². The molecule has 2 nitrogen and oxygen atoms in total. The molecular formula is C8H14N2. The Balaban J connectivity index is 2.61. The molecule has 0 aliphatic carbocycles. The zero-order valence-electron chi connectivity index (χ0n) is 6.54. The second-order valence-corrected chi connectivity index (χ2v) is 2.55. The summed E-state index contributed by atoms with van der Waals surface area (Å²) in [6, 6.07) is 0.854. The Labute approximate surface area is 62.2 Å². The van der Waals surface area contributed by atoms with Gasteiger partial charge in [-0.05, 0) is 19.3 Å². The molecule has 0 aromatic rings. The number of likely N-dealkylation sites (N-methyl/N-ethyl adjacent to an activating group) is 2. The van der Waals surface area contributed by atoms with Crippen molar-refractivity contribution in [3.63, 3.8) is 0 Å². The van der Waals surface area contributed by atoms with Gasteiger partial charge in [-0.15, -0.1) is 6.58 Å². The summed E-state index contributed by atoms with van der Waals surface area (Å²) in [7, 11) is 4.02. The summed E-state index contributed by atoms with van der Waals surface area (Å²) in [5, 5.41) is 3.20. The van der Waals surface area contributed by atoms with Crippen molar-refractivity contribution in [2.75, 3.05) is 14.1 Å². The van der Waals surface area contributed by atoms with Gasteiger partial charge in [0.2, 0.25) is 0 Å². The SMILES string of the molecule is C=CC1C(NC)C=CN1C. The van der Waals surface area contributed by atoms with Gasteiger partial charge in [-0.25, -0.2) is 0 Å². The van der Waals surface area contributed by atoms with E-state index in [4.69, 9.17) is 0 Å². The fraction of sp³-hybridized carbons (Fsp3) is 0.500. The maximum Gasteiger partial charge on any atom is 0.0651 e. The minimum absolute atomic E-state index is 0.421. The van der Waals surface area contributed by atoms with Gasteiger partial charge in [0.15, 0.2) is 0 Å². The van der Waals surface area contributed by atoms with E-state index in [0.717, 1.165) is 0 Å². The molecule has 2 unspecified atom stereocenters. The zero-order valence-corrected chi connectivity index (χ0v) is 6.54. The number of nitrogens with zero attached hydrogens (tertiary/aromatic N) is 1. The molecule has 0 fully saturated rings. The van der Waals surface area contributed by atoms with E-state index in [1.807, 2.05) is 13.1 Å². The van der Waals surface area contributed by atoms with Crippen LogP contribution in [0, 0.1) is 0 Å². The first-order chi connectivity index (χ1) is 4.79. The Hall–Kier alpha value is -0.760. The van der Waals surface area contributed by atoms with Crippen LogP contribution in [0.4, 0.5) is 0 Å². The Bertz CT molecular complexity index is 151. The second-order valence-electron chi connectivity index (χ2n) is 2.55. The lowest BCUT2D eigenvalue weighted by Gasteiger charge is -2.22. The molecule has 0 saturated carbocycles. The van der Waals surface area contributed by atoms with Crippen LogP contribution in [0.25, 0.3) is 0 Å². The molecule has 0 saturated heterocycles. The minimum atomic E-state index is 0.421. The van der Waals surface area contributed by atoms with Gasteiger partial charge in [0.25, 0.3) is 0 Å². The van der Waals surface area contributed by atoms with Crippen molar-refractivity contribution in [3.05, 3.63) is 24.9 Å². The normalized spacial score (nSPS) is 31.2. The van der Waals surface area contributed by atoms with Crippen LogP contribution in [0.5, 0.6) is 0 Å². The Kier molecular flexibility index (Phi) is 2.12. The number of hydrogen-bond donors (Lipinski definition) is 1. The van der Waals surface area contributed by atoms with E-state index in [0.29, 0.717) is 12.1 Å². The molecule has 1 aliphatic rings. The number of rotatable bonds is 2. The van der Waals surface area contributed by atoms with Crippen molar-refractivity contribution in [1.82, 2.24) is 10.2 Å². The zero-order chi connectivity index (χ0) is 7.56. The maximum absolute atomic E-state index is 3.77. The van der Waals surface area contributed by atoms with Crippen LogP contribution in [0.3, 0.4) is 0 Å². The van der Waals surface area contributed by atoms with Gasteiger partial charge < -0.3 is 10.2 Å². The summed E-state index contributed by atoms with van der Waals surface area (Å²) >= 11 is 0. The van der Waals surface area contributed by atoms with Crippen molar-refractivity contribution in [2.24, 2.45) is 0 Å². The van der Waals surface area contributed by atoms with Crippen LogP contribution < -0.4 is 5.32 Å². The highest BCUT2D eigenvalue weighted by Crippen LogP contribution is 2.12. The minimum Gasteiger partial charge on any atom is -0.372 e. The van der Waals surface area contributed by atoms with Gasteiger partial charge in [0.1, 0.15) is 0 Å². The molecule has 1 N–H and O–H groups in total. The van der Waals surface area contributed by atoms with Crippen LogP contribution in [0.15, 0.2) is 24.9 Å². The number of hydrogen-bond acceptors (Lipinski definition) is 2.